The third-order valence-electron chi connectivity index (χ3n) is 4.97. The summed E-state index contributed by atoms with van der Waals surface area (Å²) in [6.07, 6.45) is -0.204. The standard InChI is InChI=1S/C19H14ClN3O/c1-22-15-9-5-3-7-12(15)19(24)23-10-13-16(20)11-6-2-4-8-14(11)21-17(13)18(22)23/h2-9,18H,10H2,1H3. The molecule has 5 heteroatoms. The van der Waals surface area contributed by atoms with E-state index >= 15 is 0 Å². The van der Waals surface area contributed by atoms with E-state index < -0.39 is 0 Å². The van der Waals surface area contributed by atoms with Gasteiger partial charge in [0, 0.05) is 18.0 Å². The Kier molecular flexibility index (Phi) is 2.71. The van der Waals surface area contributed by atoms with Gasteiger partial charge >= 0.3 is 0 Å². The van der Waals surface area contributed by atoms with Gasteiger partial charge in [-0.15, -0.1) is 0 Å². The first-order chi connectivity index (χ1) is 11.7. The van der Waals surface area contributed by atoms with Crippen LogP contribution in [0.4, 0.5) is 5.69 Å². The van der Waals surface area contributed by atoms with E-state index in [0.717, 1.165) is 33.4 Å². The lowest BCUT2D eigenvalue weighted by atomic mass is 10.1. The predicted molar refractivity (Wildman–Crippen MR) is 94.2 cm³/mol. The molecule has 2 aromatic carbocycles. The average Bonchev–Trinajstić information content (AvgIpc) is 3.00. The molecule has 0 spiro atoms. The van der Waals surface area contributed by atoms with Crippen LogP contribution in [-0.4, -0.2) is 22.8 Å². The number of pyridine rings is 1. The average molecular weight is 336 g/mol. The minimum atomic E-state index is -0.204. The second kappa shape index (κ2) is 4.71. The number of aromatic nitrogens is 1. The van der Waals surface area contributed by atoms with Gasteiger partial charge in [0.1, 0.15) is 6.17 Å². The smallest absolute Gasteiger partial charge is 0.258 e. The number of anilines is 1. The number of rotatable bonds is 0. The SMILES string of the molecule is CN1c2ccccc2C(=O)N2Cc3c(nc4ccccc4c3Cl)C21. The molecule has 1 aromatic heterocycles. The molecule has 1 atom stereocenters. The molecule has 1 unspecified atom stereocenters. The first kappa shape index (κ1) is 13.8. The van der Waals surface area contributed by atoms with Gasteiger partial charge in [-0.1, -0.05) is 41.9 Å². The van der Waals surface area contributed by atoms with Crippen LogP contribution in [0.1, 0.15) is 27.8 Å². The lowest BCUT2D eigenvalue weighted by Crippen LogP contribution is -2.44. The highest BCUT2D eigenvalue weighted by molar-refractivity contribution is 6.36. The number of hydrogen-bond acceptors (Lipinski definition) is 3. The molecule has 118 valence electrons. The largest absolute Gasteiger partial charge is 0.348 e. The Morgan fingerprint density at radius 1 is 1.12 bits per heavy atom. The maximum absolute atomic E-state index is 12.9. The summed E-state index contributed by atoms with van der Waals surface area (Å²) >= 11 is 6.66. The van der Waals surface area contributed by atoms with E-state index in [1.54, 1.807) is 0 Å². The lowest BCUT2D eigenvalue weighted by molar-refractivity contribution is 0.0669. The second-order valence-electron chi connectivity index (χ2n) is 6.24. The Bertz CT molecular complexity index is 1020. The molecular weight excluding hydrogens is 322 g/mol. The number of carbonyl (C=O) groups excluding carboxylic acids is 1. The third-order valence-corrected chi connectivity index (χ3v) is 5.40. The molecule has 3 heterocycles. The molecule has 0 bridgehead atoms. The molecule has 4 nitrogen and oxygen atoms in total. The normalized spacial score (nSPS) is 18.6. The van der Waals surface area contributed by atoms with Crippen LogP contribution in [0.25, 0.3) is 10.9 Å². The van der Waals surface area contributed by atoms with Crippen molar-refractivity contribution in [1.29, 1.82) is 0 Å². The fourth-order valence-electron chi connectivity index (χ4n) is 3.82. The summed E-state index contributed by atoms with van der Waals surface area (Å²) in [5, 5.41) is 1.64. The van der Waals surface area contributed by atoms with E-state index in [9.17, 15) is 4.79 Å². The van der Waals surface area contributed by atoms with Crippen LogP contribution in [0, 0.1) is 0 Å². The summed E-state index contributed by atoms with van der Waals surface area (Å²) in [4.78, 5) is 21.7. The Morgan fingerprint density at radius 2 is 1.88 bits per heavy atom. The first-order valence-corrected chi connectivity index (χ1v) is 8.24. The zero-order valence-electron chi connectivity index (χ0n) is 13.0. The van der Waals surface area contributed by atoms with Crippen molar-refractivity contribution >= 4 is 34.1 Å². The molecule has 0 saturated heterocycles. The molecule has 0 saturated carbocycles. The van der Waals surface area contributed by atoms with Crippen molar-refractivity contribution in [3.8, 4) is 0 Å². The maximum Gasteiger partial charge on any atom is 0.258 e. The Morgan fingerprint density at radius 3 is 2.75 bits per heavy atom. The van der Waals surface area contributed by atoms with Crippen molar-refractivity contribution in [2.45, 2.75) is 12.7 Å². The molecule has 2 aliphatic heterocycles. The van der Waals surface area contributed by atoms with Crippen LogP contribution in [0.3, 0.4) is 0 Å². The van der Waals surface area contributed by atoms with Gasteiger partial charge in [-0.05, 0) is 18.2 Å². The van der Waals surface area contributed by atoms with Gasteiger partial charge in [-0.25, -0.2) is 4.98 Å². The highest BCUT2D eigenvalue weighted by Gasteiger charge is 2.44. The second-order valence-corrected chi connectivity index (χ2v) is 6.62. The number of hydrogen-bond donors (Lipinski definition) is 0. The predicted octanol–water partition coefficient (Wildman–Crippen LogP) is 3.99. The Labute approximate surface area is 144 Å². The highest BCUT2D eigenvalue weighted by Crippen LogP contribution is 2.46. The van der Waals surface area contributed by atoms with Crippen molar-refractivity contribution < 1.29 is 4.79 Å². The van der Waals surface area contributed by atoms with Crippen molar-refractivity contribution in [2.75, 3.05) is 11.9 Å². The summed E-state index contributed by atoms with van der Waals surface area (Å²) in [5.41, 5.74) is 4.35. The summed E-state index contributed by atoms with van der Waals surface area (Å²) in [6.45, 7) is 0.494. The van der Waals surface area contributed by atoms with E-state index in [4.69, 9.17) is 16.6 Å². The van der Waals surface area contributed by atoms with E-state index in [1.165, 1.54) is 0 Å². The van der Waals surface area contributed by atoms with Crippen molar-refractivity contribution in [3.63, 3.8) is 0 Å². The van der Waals surface area contributed by atoms with Gasteiger partial charge in [0.25, 0.3) is 5.91 Å². The molecular formula is C19H14ClN3O. The molecule has 2 aliphatic rings. The van der Waals surface area contributed by atoms with Crippen LogP contribution >= 0.6 is 11.6 Å². The molecule has 24 heavy (non-hydrogen) atoms. The van der Waals surface area contributed by atoms with Gasteiger partial charge in [0.15, 0.2) is 0 Å². The Balaban J connectivity index is 1.77. The highest BCUT2D eigenvalue weighted by atomic mass is 35.5. The minimum Gasteiger partial charge on any atom is -0.348 e. The Hall–Kier alpha value is -2.59. The van der Waals surface area contributed by atoms with Gasteiger partial charge < -0.3 is 9.80 Å². The summed E-state index contributed by atoms with van der Waals surface area (Å²) < 4.78 is 0. The van der Waals surface area contributed by atoms with Crippen molar-refractivity contribution in [3.05, 3.63) is 70.4 Å². The van der Waals surface area contributed by atoms with Gasteiger partial charge in [0.2, 0.25) is 0 Å². The van der Waals surface area contributed by atoms with Crippen LogP contribution in [0.2, 0.25) is 5.02 Å². The van der Waals surface area contributed by atoms with Crippen LogP contribution < -0.4 is 4.90 Å². The molecule has 5 rings (SSSR count). The summed E-state index contributed by atoms with van der Waals surface area (Å²) in [7, 11) is 2.00. The first-order valence-electron chi connectivity index (χ1n) is 7.86. The number of fused-ring (bicyclic) bond motifs is 5. The van der Waals surface area contributed by atoms with E-state index in [0.29, 0.717) is 11.6 Å². The zero-order chi connectivity index (χ0) is 16.4. The molecule has 0 aliphatic carbocycles. The van der Waals surface area contributed by atoms with E-state index in [1.807, 2.05) is 60.5 Å². The van der Waals surface area contributed by atoms with Crippen molar-refractivity contribution in [1.82, 2.24) is 9.88 Å². The van der Waals surface area contributed by atoms with Crippen LogP contribution in [0.5, 0.6) is 0 Å². The number of nitrogens with zero attached hydrogens (tertiary/aromatic N) is 3. The molecule has 1 amide bonds. The minimum absolute atomic E-state index is 0.0341. The monoisotopic (exact) mass is 335 g/mol. The van der Waals surface area contributed by atoms with E-state index in [2.05, 4.69) is 4.90 Å². The molecule has 3 aromatic rings. The number of carbonyl (C=O) groups is 1. The van der Waals surface area contributed by atoms with Gasteiger partial charge in [-0.3, -0.25) is 4.79 Å². The quantitative estimate of drug-likeness (QED) is 0.623. The number of amides is 1. The van der Waals surface area contributed by atoms with Gasteiger partial charge in [-0.2, -0.15) is 0 Å². The number of benzene rings is 2. The third kappa shape index (κ3) is 1.64. The fourth-order valence-corrected chi connectivity index (χ4v) is 4.14. The topological polar surface area (TPSA) is 36.4 Å². The van der Waals surface area contributed by atoms with E-state index in [-0.39, 0.29) is 12.1 Å². The number of para-hydroxylation sites is 2. The zero-order valence-corrected chi connectivity index (χ0v) is 13.8. The number of halogens is 1. The molecule has 0 radical (unpaired) electrons. The summed E-state index contributed by atoms with van der Waals surface area (Å²) in [6, 6.07) is 15.5. The maximum atomic E-state index is 12.9. The van der Waals surface area contributed by atoms with Crippen LogP contribution in [-0.2, 0) is 6.54 Å². The lowest BCUT2D eigenvalue weighted by Gasteiger charge is -2.39. The fraction of sp³-hybridized carbons (Fsp3) is 0.158. The van der Waals surface area contributed by atoms with Crippen LogP contribution in [0.15, 0.2) is 48.5 Å². The molecule has 0 fully saturated rings. The van der Waals surface area contributed by atoms with Crippen molar-refractivity contribution in [2.24, 2.45) is 0 Å². The molecule has 0 N–H and O–H groups in total. The summed E-state index contributed by atoms with van der Waals surface area (Å²) in [5.74, 6) is 0.0341. The van der Waals surface area contributed by atoms with Gasteiger partial charge in [0.05, 0.1) is 34.0 Å².